The van der Waals surface area contributed by atoms with Gasteiger partial charge in [0.1, 0.15) is 11.6 Å². The average molecular weight is 255 g/mol. The van der Waals surface area contributed by atoms with Gasteiger partial charge in [-0.3, -0.25) is 0 Å². The Morgan fingerprint density at radius 3 is 2.83 bits per heavy atom. The SMILES string of the molecule is COCc1ccc(F)c(CC2CCCCN2)c1F. The van der Waals surface area contributed by atoms with E-state index in [0.717, 1.165) is 25.8 Å². The van der Waals surface area contributed by atoms with Crippen molar-refractivity contribution in [3.05, 3.63) is 34.9 Å². The molecule has 0 radical (unpaired) electrons. The predicted octanol–water partition coefficient (Wildman–Crippen LogP) is 2.80. The molecule has 1 aromatic rings. The highest BCUT2D eigenvalue weighted by Gasteiger charge is 2.19. The lowest BCUT2D eigenvalue weighted by Gasteiger charge is -2.24. The molecule has 1 N–H and O–H groups in total. The first kappa shape index (κ1) is 13.4. The van der Waals surface area contributed by atoms with Gasteiger partial charge < -0.3 is 10.1 Å². The normalized spacial score (nSPS) is 20.1. The molecule has 1 aliphatic rings. The van der Waals surface area contributed by atoms with E-state index in [9.17, 15) is 8.78 Å². The molecule has 100 valence electrons. The van der Waals surface area contributed by atoms with Crippen molar-refractivity contribution in [1.29, 1.82) is 0 Å². The highest BCUT2D eigenvalue weighted by molar-refractivity contribution is 5.28. The van der Waals surface area contributed by atoms with Crippen molar-refractivity contribution in [2.75, 3.05) is 13.7 Å². The van der Waals surface area contributed by atoms with E-state index in [1.54, 1.807) is 0 Å². The third-order valence-electron chi connectivity index (χ3n) is 3.43. The maximum Gasteiger partial charge on any atom is 0.134 e. The third-order valence-corrected chi connectivity index (χ3v) is 3.43. The smallest absolute Gasteiger partial charge is 0.134 e. The summed E-state index contributed by atoms with van der Waals surface area (Å²) in [4.78, 5) is 0. The summed E-state index contributed by atoms with van der Waals surface area (Å²) in [5.41, 5.74) is 0.605. The standard InChI is InChI=1S/C14H19F2NO/c1-18-9-10-5-6-13(15)12(14(10)16)8-11-4-2-3-7-17-11/h5-6,11,17H,2-4,7-9H2,1H3. The summed E-state index contributed by atoms with van der Waals surface area (Å²) in [6.45, 7) is 1.11. The summed E-state index contributed by atoms with van der Waals surface area (Å²) >= 11 is 0. The van der Waals surface area contributed by atoms with Gasteiger partial charge in [-0.25, -0.2) is 8.78 Å². The molecule has 0 spiro atoms. The molecule has 18 heavy (non-hydrogen) atoms. The molecule has 0 amide bonds. The van der Waals surface area contributed by atoms with Gasteiger partial charge in [0, 0.05) is 24.3 Å². The summed E-state index contributed by atoms with van der Waals surface area (Å²) in [7, 11) is 1.51. The Labute approximate surface area is 106 Å². The fourth-order valence-corrected chi connectivity index (χ4v) is 2.44. The Morgan fingerprint density at radius 1 is 1.33 bits per heavy atom. The summed E-state index contributed by atoms with van der Waals surface area (Å²) in [6.07, 6.45) is 3.66. The molecule has 0 aromatic heterocycles. The Hall–Kier alpha value is -1.00. The van der Waals surface area contributed by atoms with Crippen LogP contribution in [0.4, 0.5) is 8.78 Å². The molecule has 0 bridgehead atoms. The van der Waals surface area contributed by atoms with Gasteiger partial charge in [-0.05, 0) is 31.9 Å². The van der Waals surface area contributed by atoms with Gasteiger partial charge in [0.25, 0.3) is 0 Å². The van der Waals surface area contributed by atoms with Gasteiger partial charge in [0.2, 0.25) is 0 Å². The number of hydrogen-bond donors (Lipinski definition) is 1. The van der Waals surface area contributed by atoms with Crippen molar-refractivity contribution < 1.29 is 13.5 Å². The first-order valence-electron chi connectivity index (χ1n) is 6.40. The molecule has 2 nitrogen and oxygen atoms in total. The number of hydrogen-bond acceptors (Lipinski definition) is 2. The average Bonchev–Trinajstić information content (AvgIpc) is 2.39. The molecule has 0 aliphatic carbocycles. The fraction of sp³-hybridized carbons (Fsp3) is 0.571. The van der Waals surface area contributed by atoms with Gasteiger partial charge >= 0.3 is 0 Å². The first-order valence-corrected chi connectivity index (χ1v) is 6.40. The van der Waals surface area contributed by atoms with E-state index >= 15 is 0 Å². The molecule has 1 fully saturated rings. The van der Waals surface area contributed by atoms with Crippen LogP contribution in [0.3, 0.4) is 0 Å². The van der Waals surface area contributed by atoms with Crippen molar-refractivity contribution >= 4 is 0 Å². The second-order valence-corrected chi connectivity index (χ2v) is 4.78. The Morgan fingerprint density at radius 2 is 2.17 bits per heavy atom. The van der Waals surface area contributed by atoms with Crippen LogP contribution in [0.5, 0.6) is 0 Å². The van der Waals surface area contributed by atoms with E-state index in [2.05, 4.69) is 5.32 Å². The molecule has 1 heterocycles. The minimum Gasteiger partial charge on any atom is -0.380 e. The summed E-state index contributed by atoms with van der Waals surface area (Å²) in [5.74, 6) is -0.913. The van der Waals surface area contributed by atoms with E-state index in [0.29, 0.717) is 12.0 Å². The van der Waals surface area contributed by atoms with Crippen LogP contribution < -0.4 is 5.32 Å². The Balaban J connectivity index is 2.17. The number of nitrogens with one attached hydrogen (secondary N) is 1. The molecular weight excluding hydrogens is 236 g/mol. The monoisotopic (exact) mass is 255 g/mol. The van der Waals surface area contributed by atoms with Crippen molar-refractivity contribution in [1.82, 2.24) is 5.32 Å². The second-order valence-electron chi connectivity index (χ2n) is 4.78. The number of piperidine rings is 1. The van der Waals surface area contributed by atoms with Crippen molar-refractivity contribution in [2.24, 2.45) is 0 Å². The van der Waals surface area contributed by atoms with Gasteiger partial charge in [-0.1, -0.05) is 12.5 Å². The molecule has 2 rings (SSSR count). The van der Waals surface area contributed by atoms with E-state index in [1.807, 2.05) is 0 Å². The van der Waals surface area contributed by atoms with E-state index in [-0.39, 0.29) is 18.2 Å². The third kappa shape index (κ3) is 3.06. The Kier molecular flexibility index (Phi) is 4.66. The fourth-order valence-electron chi connectivity index (χ4n) is 2.44. The first-order chi connectivity index (χ1) is 8.72. The maximum absolute atomic E-state index is 14.1. The molecule has 1 atom stereocenters. The van der Waals surface area contributed by atoms with Crippen molar-refractivity contribution in [3.63, 3.8) is 0 Å². The van der Waals surface area contributed by atoms with Crippen molar-refractivity contribution in [2.45, 2.75) is 38.3 Å². The van der Waals surface area contributed by atoms with Crippen LogP contribution in [0.25, 0.3) is 0 Å². The number of rotatable bonds is 4. The van der Waals surface area contributed by atoms with E-state index in [1.165, 1.54) is 19.2 Å². The molecule has 1 aromatic carbocycles. The highest BCUT2D eigenvalue weighted by Crippen LogP contribution is 2.21. The predicted molar refractivity (Wildman–Crippen MR) is 66.4 cm³/mol. The van der Waals surface area contributed by atoms with Gasteiger partial charge in [-0.2, -0.15) is 0 Å². The van der Waals surface area contributed by atoms with Crippen molar-refractivity contribution in [3.8, 4) is 0 Å². The maximum atomic E-state index is 14.1. The molecule has 1 saturated heterocycles. The van der Waals surface area contributed by atoms with Crippen LogP contribution in [0, 0.1) is 11.6 Å². The lowest BCUT2D eigenvalue weighted by molar-refractivity contribution is 0.181. The second kappa shape index (κ2) is 6.25. The number of ether oxygens (including phenoxy) is 1. The van der Waals surface area contributed by atoms with Crippen LogP contribution in [-0.2, 0) is 17.8 Å². The minimum atomic E-state index is -0.459. The minimum absolute atomic E-state index is 0.178. The van der Waals surface area contributed by atoms with E-state index < -0.39 is 11.6 Å². The summed E-state index contributed by atoms with van der Waals surface area (Å²) < 4.78 is 32.8. The van der Waals surface area contributed by atoms with Gasteiger partial charge in [-0.15, -0.1) is 0 Å². The van der Waals surface area contributed by atoms with Crippen LogP contribution in [-0.4, -0.2) is 19.7 Å². The van der Waals surface area contributed by atoms with Gasteiger partial charge in [0.15, 0.2) is 0 Å². The molecular formula is C14H19F2NO. The van der Waals surface area contributed by atoms with Crippen LogP contribution in [0.15, 0.2) is 12.1 Å². The molecule has 0 saturated carbocycles. The summed E-state index contributed by atoms with van der Waals surface area (Å²) in [6, 6.07) is 2.96. The number of halogens is 2. The Bertz CT molecular complexity index is 403. The van der Waals surface area contributed by atoms with Crippen LogP contribution in [0.2, 0.25) is 0 Å². The topological polar surface area (TPSA) is 21.3 Å². The zero-order valence-electron chi connectivity index (χ0n) is 10.6. The zero-order chi connectivity index (χ0) is 13.0. The lowest BCUT2D eigenvalue weighted by atomic mass is 9.96. The van der Waals surface area contributed by atoms with E-state index in [4.69, 9.17) is 4.74 Å². The zero-order valence-corrected chi connectivity index (χ0v) is 10.6. The van der Waals surface area contributed by atoms with Crippen LogP contribution in [0.1, 0.15) is 30.4 Å². The molecule has 1 aliphatic heterocycles. The largest absolute Gasteiger partial charge is 0.380 e. The lowest BCUT2D eigenvalue weighted by Crippen LogP contribution is -2.36. The van der Waals surface area contributed by atoms with Crippen LogP contribution >= 0.6 is 0 Å². The number of methoxy groups -OCH3 is 1. The number of benzene rings is 1. The molecule has 4 heteroatoms. The molecule has 1 unspecified atom stereocenters. The highest BCUT2D eigenvalue weighted by atomic mass is 19.1. The summed E-state index contributed by atoms with van der Waals surface area (Å²) in [5, 5.41) is 3.31. The quantitative estimate of drug-likeness (QED) is 0.893. The van der Waals surface area contributed by atoms with Gasteiger partial charge in [0.05, 0.1) is 6.61 Å².